The Morgan fingerprint density at radius 2 is 2.00 bits per heavy atom. The molecule has 0 saturated carbocycles. The Morgan fingerprint density at radius 1 is 1.27 bits per heavy atom. The highest BCUT2D eigenvalue weighted by Crippen LogP contribution is 2.21. The van der Waals surface area contributed by atoms with Gasteiger partial charge in [-0.2, -0.15) is 5.26 Å². The first-order valence-electron chi connectivity index (χ1n) is 6.84. The Morgan fingerprint density at radius 3 is 2.68 bits per heavy atom. The van der Waals surface area contributed by atoms with Gasteiger partial charge in [-0.1, -0.05) is 28.1 Å². The molecule has 0 aliphatic heterocycles. The number of nitrogens with zero attached hydrogens (tertiary/aromatic N) is 1. The minimum absolute atomic E-state index is 0.191. The topological polar surface area (TPSA) is 64.9 Å². The van der Waals surface area contributed by atoms with Gasteiger partial charge in [0.2, 0.25) is 5.91 Å². The standard InChI is InChI=1S/C17H16BrN3O/c1-11-9-14(7-8-15(11)18)20-12(2)17(22)21-16-6-4-3-5-13(16)10-19/h3-9,12,20H,1-2H3,(H,21,22)/t12-/m0/s1. The number of nitrogens with one attached hydrogen (secondary N) is 2. The maximum absolute atomic E-state index is 12.2. The molecule has 0 radical (unpaired) electrons. The van der Waals surface area contributed by atoms with Crippen molar-refractivity contribution in [3.63, 3.8) is 0 Å². The molecule has 1 atom stereocenters. The van der Waals surface area contributed by atoms with Crippen LogP contribution in [0.1, 0.15) is 18.1 Å². The van der Waals surface area contributed by atoms with Crippen molar-refractivity contribution < 1.29 is 4.79 Å². The lowest BCUT2D eigenvalue weighted by molar-refractivity contribution is -0.116. The van der Waals surface area contributed by atoms with Gasteiger partial charge in [0.05, 0.1) is 11.3 Å². The lowest BCUT2D eigenvalue weighted by Crippen LogP contribution is -2.32. The van der Waals surface area contributed by atoms with Crippen LogP contribution in [0.5, 0.6) is 0 Å². The van der Waals surface area contributed by atoms with E-state index in [1.165, 1.54) is 0 Å². The van der Waals surface area contributed by atoms with Crippen LogP contribution in [0.2, 0.25) is 0 Å². The Balaban J connectivity index is 2.06. The van der Waals surface area contributed by atoms with Gasteiger partial charge in [0.15, 0.2) is 0 Å². The van der Waals surface area contributed by atoms with Crippen molar-refractivity contribution in [2.45, 2.75) is 19.9 Å². The zero-order valence-corrected chi connectivity index (χ0v) is 13.9. The number of carbonyl (C=O) groups is 1. The van der Waals surface area contributed by atoms with Gasteiger partial charge in [-0.25, -0.2) is 0 Å². The number of nitriles is 1. The van der Waals surface area contributed by atoms with Gasteiger partial charge in [-0.15, -0.1) is 0 Å². The third-order valence-electron chi connectivity index (χ3n) is 3.24. The molecule has 0 unspecified atom stereocenters. The van der Waals surface area contributed by atoms with Gasteiger partial charge in [-0.05, 0) is 49.7 Å². The second kappa shape index (κ2) is 7.10. The number of para-hydroxylation sites is 1. The highest BCUT2D eigenvalue weighted by Gasteiger charge is 2.14. The quantitative estimate of drug-likeness (QED) is 0.866. The van der Waals surface area contributed by atoms with Crippen LogP contribution in [0.15, 0.2) is 46.9 Å². The first kappa shape index (κ1) is 16.1. The van der Waals surface area contributed by atoms with E-state index in [0.717, 1.165) is 15.7 Å². The molecule has 2 aromatic rings. The average Bonchev–Trinajstić information content (AvgIpc) is 2.51. The average molecular weight is 358 g/mol. The molecule has 0 aliphatic rings. The predicted molar refractivity (Wildman–Crippen MR) is 91.8 cm³/mol. The van der Waals surface area contributed by atoms with E-state index in [0.29, 0.717) is 11.3 Å². The Hall–Kier alpha value is -2.32. The summed E-state index contributed by atoms with van der Waals surface area (Å²) in [6.45, 7) is 3.77. The van der Waals surface area contributed by atoms with Crippen molar-refractivity contribution in [1.82, 2.24) is 0 Å². The monoisotopic (exact) mass is 357 g/mol. The summed E-state index contributed by atoms with van der Waals surface area (Å²) < 4.78 is 1.03. The van der Waals surface area contributed by atoms with Crippen LogP contribution in [0.25, 0.3) is 0 Å². The molecule has 0 fully saturated rings. The molecule has 1 amide bonds. The second-order valence-electron chi connectivity index (χ2n) is 4.98. The summed E-state index contributed by atoms with van der Waals surface area (Å²) in [4.78, 5) is 12.2. The largest absolute Gasteiger partial charge is 0.374 e. The van der Waals surface area contributed by atoms with Gasteiger partial charge in [-0.3, -0.25) is 4.79 Å². The number of hydrogen-bond donors (Lipinski definition) is 2. The van der Waals surface area contributed by atoms with Crippen LogP contribution in [-0.4, -0.2) is 11.9 Å². The lowest BCUT2D eigenvalue weighted by atomic mass is 10.1. The first-order chi connectivity index (χ1) is 10.5. The number of aryl methyl sites for hydroxylation is 1. The van der Waals surface area contributed by atoms with Gasteiger partial charge in [0.25, 0.3) is 0 Å². The molecule has 2 N–H and O–H groups in total. The van der Waals surface area contributed by atoms with E-state index < -0.39 is 6.04 Å². The number of benzene rings is 2. The third-order valence-corrected chi connectivity index (χ3v) is 4.13. The fraction of sp³-hybridized carbons (Fsp3) is 0.176. The summed E-state index contributed by atoms with van der Waals surface area (Å²) in [7, 11) is 0. The van der Waals surface area contributed by atoms with Crippen molar-refractivity contribution in [3.8, 4) is 6.07 Å². The van der Waals surface area contributed by atoms with E-state index >= 15 is 0 Å². The molecule has 0 aromatic heterocycles. The summed E-state index contributed by atoms with van der Waals surface area (Å²) in [6, 6.07) is 14.4. The zero-order chi connectivity index (χ0) is 16.1. The molecule has 2 aromatic carbocycles. The molecular formula is C17H16BrN3O. The van der Waals surface area contributed by atoms with Gasteiger partial charge in [0.1, 0.15) is 12.1 Å². The highest BCUT2D eigenvalue weighted by molar-refractivity contribution is 9.10. The number of amides is 1. The predicted octanol–water partition coefficient (Wildman–Crippen LogP) is 4.07. The van der Waals surface area contributed by atoms with Crippen LogP contribution >= 0.6 is 15.9 Å². The summed E-state index contributed by atoms with van der Waals surface area (Å²) in [5, 5.41) is 15.0. The Bertz CT molecular complexity index is 737. The molecular weight excluding hydrogens is 342 g/mol. The number of anilines is 2. The number of halogens is 1. The van der Waals surface area contributed by atoms with Crippen molar-refractivity contribution >= 4 is 33.2 Å². The van der Waals surface area contributed by atoms with Crippen molar-refractivity contribution in [1.29, 1.82) is 5.26 Å². The molecule has 5 heteroatoms. The molecule has 0 heterocycles. The van der Waals surface area contributed by atoms with E-state index in [-0.39, 0.29) is 5.91 Å². The number of rotatable bonds is 4. The second-order valence-corrected chi connectivity index (χ2v) is 5.83. The maximum Gasteiger partial charge on any atom is 0.246 e. The zero-order valence-electron chi connectivity index (χ0n) is 12.4. The summed E-state index contributed by atoms with van der Waals surface area (Å²) >= 11 is 3.45. The van der Waals surface area contributed by atoms with E-state index in [4.69, 9.17) is 5.26 Å². The summed E-state index contributed by atoms with van der Waals surface area (Å²) in [6.07, 6.45) is 0. The lowest BCUT2D eigenvalue weighted by Gasteiger charge is -2.16. The number of hydrogen-bond acceptors (Lipinski definition) is 3. The molecule has 112 valence electrons. The Kier molecular flexibility index (Phi) is 5.18. The smallest absolute Gasteiger partial charge is 0.246 e. The summed E-state index contributed by atoms with van der Waals surface area (Å²) in [5.41, 5.74) is 2.93. The van der Waals surface area contributed by atoms with Gasteiger partial charge < -0.3 is 10.6 Å². The van der Waals surface area contributed by atoms with Gasteiger partial charge >= 0.3 is 0 Å². The number of carbonyl (C=O) groups excluding carboxylic acids is 1. The van der Waals surface area contributed by atoms with Crippen molar-refractivity contribution in [3.05, 3.63) is 58.1 Å². The Labute approximate surface area is 138 Å². The fourth-order valence-corrected chi connectivity index (χ4v) is 2.23. The molecule has 22 heavy (non-hydrogen) atoms. The minimum Gasteiger partial charge on any atom is -0.374 e. The van der Waals surface area contributed by atoms with Crippen LogP contribution in [0, 0.1) is 18.3 Å². The minimum atomic E-state index is -0.424. The van der Waals surface area contributed by atoms with Crippen LogP contribution in [0.3, 0.4) is 0 Å². The normalized spacial score (nSPS) is 11.4. The van der Waals surface area contributed by atoms with E-state index in [9.17, 15) is 4.79 Å². The van der Waals surface area contributed by atoms with E-state index in [1.807, 2.05) is 25.1 Å². The van der Waals surface area contributed by atoms with Gasteiger partial charge in [0, 0.05) is 10.2 Å². The van der Waals surface area contributed by atoms with Crippen molar-refractivity contribution in [2.24, 2.45) is 0 Å². The van der Waals surface area contributed by atoms with Crippen molar-refractivity contribution in [2.75, 3.05) is 10.6 Å². The molecule has 4 nitrogen and oxygen atoms in total. The fourth-order valence-electron chi connectivity index (χ4n) is 1.98. The van der Waals surface area contributed by atoms with Crippen LogP contribution in [0.4, 0.5) is 11.4 Å². The van der Waals surface area contributed by atoms with E-state index in [1.54, 1.807) is 31.2 Å². The SMILES string of the molecule is Cc1cc(N[C@@H](C)C(=O)Nc2ccccc2C#N)ccc1Br. The third kappa shape index (κ3) is 3.86. The molecule has 0 bridgehead atoms. The van der Waals surface area contributed by atoms with E-state index in [2.05, 4.69) is 32.6 Å². The molecule has 2 rings (SSSR count). The maximum atomic E-state index is 12.2. The van der Waals surface area contributed by atoms with Crippen LogP contribution < -0.4 is 10.6 Å². The molecule has 0 aliphatic carbocycles. The molecule has 0 spiro atoms. The first-order valence-corrected chi connectivity index (χ1v) is 7.63. The molecule has 0 saturated heterocycles. The van der Waals surface area contributed by atoms with Crippen LogP contribution in [-0.2, 0) is 4.79 Å². The summed E-state index contributed by atoms with van der Waals surface area (Å²) in [5.74, 6) is -0.191. The highest BCUT2D eigenvalue weighted by atomic mass is 79.9.